The van der Waals surface area contributed by atoms with Crippen molar-refractivity contribution in [2.75, 3.05) is 0 Å². The van der Waals surface area contributed by atoms with Crippen LogP contribution in [-0.2, 0) is 0 Å². The molecule has 0 aliphatic heterocycles. The summed E-state index contributed by atoms with van der Waals surface area (Å²) < 4.78 is 0. The van der Waals surface area contributed by atoms with Crippen molar-refractivity contribution in [3.05, 3.63) is 182 Å². The van der Waals surface area contributed by atoms with E-state index in [0.29, 0.717) is 17.5 Å². The molecule has 306 valence electrons. The third kappa shape index (κ3) is 8.37. The van der Waals surface area contributed by atoms with E-state index >= 15 is 0 Å². The van der Waals surface area contributed by atoms with Crippen molar-refractivity contribution >= 4 is 13.3 Å². The van der Waals surface area contributed by atoms with Gasteiger partial charge < -0.3 is 0 Å². The monoisotopic (exact) mass is 821 g/mol. The van der Waals surface area contributed by atoms with Crippen LogP contribution in [0, 0.1) is 0 Å². The molecule has 7 aromatic carbocycles. The molecular weight excluding hydrogens is 767 g/mol. The Morgan fingerprint density at radius 1 is 0.290 bits per heavy atom. The molecule has 0 bridgehead atoms. The van der Waals surface area contributed by atoms with Crippen LogP contribution >= 0.6 is 0 Å². The van der Waals surface area contributed by atoms with Crippen LogP contribution in [0.2, 0.25) is 17.6 Å². The van der Waals surface area contributed by atoms with Gasteiger partial charge in [0.25, 0.3) is 0 Å². The first kappa shape index (κ1) is 39.9. The van der Waals surface area contributed by atoms with E-state index in [1.807, 2.05) is 60.7 Å². The first-order valence-electron chi connectivity index (χ1n) is 23.0. The molecule has 4 heteroatoms. The Morgan fingerprint density at radius 3 is 0.823 bits per heavy atom. The van der Waals surface area contributed by atoms with Crippen molar-refractivity contribution < 1.29 is 0 Å². The summed E-state index contributed by atoms with van der Waals surface area (Å²) in [5.41, 5.74) is 14.6. The first-order valence-corrected chi connectivity index (χ1v) is 25.6. The summed E-state index contributed by atoms with van der Waals surface area (Å²) >= 11 is 0. The summed E-state index contributed by atoms with van der Waals surface area (Å²) in [4.78, 5) is 14.6. The highest BCUT2D eigenvalue weighted by Crippen LogP contribution is 2.48. The minimum absolute atomic E-state index is 0.659. The quantitative estimate of drug-likeness (QED) is 0.129. The molecule has 0 N–H and O–H groups in total. The van der Waals surface area contributed by atoms with Crippen LogP contribution in [0.4, 0.5) is 0 Å². The van der Waals surface area contributed by atoms with Gasteiger partial charge in [-0.2, -0.15) is 0 Å². The fourth-order valence-electron chi connectivity index (χ4n) is 10.5. The van der Waals surface area contributed by atoms with Crippen molar-refractivity contribution in [1.29, 1.82) is 0 Å². The largest absolute Gasteiger partial charge is 0.208 e. The number of benzene rings is 7. The SMILES string of the molecule is C[Si](c1ccc(-c2ccc(-c3ccc(-c4ccc(-c5ccc(-c6nc(-c7ccccc7)nc(-c7ccccc7)n6)cc5)cc4)cc3)cc2)cc1)(C1CCCCC1)C1CCCCC1. The topological polar surface area (TPSA) is 38.7 Å². The number of hydrogen-bond acceptors (Lipinski definition) is 3. The molecule has 2 aliphatic carbocycles. The first-order chi connectivity index (χ1) is 30.6. The summed E-state index contributed by atoms with van der Waals surface area (Å²) in [6, 6.07) is 65.7. The Hall–Kier alpha value is -6.23. The van der Waals surface area contributed by atoms with Gasteiger partial charge >= 0.3 is 0 Å². The fourth-order valence-corrected chi connectivity index (χ4v) is 16.3. The number of nitrogens with zero attached hydrogens (tertiary/aromatic N) is 3. The summed E-state index contributed by atoms with van der Waals surface area (Å²) in [6.45, 7) is 2.77. The molecule has 10 rings (SSSR count). The Kier molecular flexibility index (Phi) is 11.6. The van der Waals surface area contributed by atoms with Crippen LogP contribution in [0.1, 0.15) is 64.2 Å². The molecule has 8 aromatic rings. The Bertz CT molecular complexity index is 2620. The lowest BCUT2D eigenvalue weighted by Crippen LogP contribution is -2.54. The zero-order valence-corrected chi connectivity index (χ0v) is 36.9. The average Bonchev–Trinajstić information content (AvgIpc) is 3.37. The summed E-state index contributed by atoms with van der Waals surface area (Å²) in [5.74, 6) is 1.99. The molecule has 2 fully saturated rings. The summed E-state index contributed by atoms with van der Waals surface area (Å²) in [6.07, 6.45) is 14.5. The van der Waals surface area contributed by atoms with Gasteiger partial charge in [0.2, 0.25) is 0 Å². The van der Waals surface area contributed by atoms with Gasteiger partial charge in [0, 0.05) is 16.7 Å². The molecule has 0 saturated heterocycles. The van der Waals surface area contributed by atoms with Crippen LogP contribution in [0.25, 0.3) is 78.7 Å². The van der Waals surface area contributed by atoms with Crippen molar-refractivity contribution in [3.63, 3.8) is 0 Å². The van der Waals surface area contributed by atoms with E-state index in [4.69, 9.17) is 15.0 Å². The predicted molar refractivity (Wildman–Crippen MR) is 263 cm³/mol. The minimum Gasteiger partial charge on any atom is -0.208 e. The maximum absolute atomic E-state index is 4.90. The fraction of sp³-hybridized carbons (Fsp3) is 0.224. The molecule has 2 aliphatic rings. The molecule has 3 nitrogen and oxygen atoms in total. The van der Waals surface area contributed by atoms with Gasteiger partial charge in [-0.3, -0.25) is 0 Å². The van der Waals surface area contributed by atoms with Gasteiger partial charge in [-0.1, -0.05) is 258 Å². The average molecular weight is 822 g/mol. The van der Waals surface area contributed by atoms with Crippen LogP contribution in [-0.4, -0.2) is 23.0 Å². The third-order valence-corrected chi connectivity index (χ3v) is 20.4. The molecule has 0 spiro atoms. The van der Waals surface area contributed by atoms with E-state index in [0.717, 1.165) is 33.3 Å². The van der Waals surface area contributed by atoms with E-state index < -0.39 is 8.07 Å². The molecule has 0 amide bonds. The van der Waals surface area contributed by atoms with Crippen LogP contribution < -0.4 is 5.19 Å². The van der Waals surface area contributed by atoms with Crippen LogP contribution in [0.5, 0.6) is 0 Å². The highest BCUT2D eigenvalue weighted by atomic mass is 28.3. The minimum atomic E-state index is -1.59. The van der Waals surface area contributed by atoms with Gasteiger partial charge in [-0.05, 0) is 55.6 Å². The number of hydrogen-bond donors (Lipinski definition) is 0. The van der Waals surface area contributed by atoms with Crippen molar-refractivity contribution in [2.45, 2.75) is 81.8 Å². The Balaban J connectivity index is 0.816. The smallest absolute Gasteiger partial charge is 0.164 e. The zero-order chi connectivity index (χ0) is 41.7. The van der Waals surface area contributed by atoms with Crippen LogP contribution in [0.3, 0.4) is 0 Å². The van der Waals surface area contributed by atoms with Gasteiger partial charge in [0.15, 0.2) is 17.5 Å². The van der Waals surface area contributed by atoms with E-state index in [1.54, 1.807) is 5.19 Å². The van der Waals surface area contributed by atoms with Gasteiger partial charge in [-0.15, -0.1) is 0 Å². The third-order valence-electron chi connectivity index (χ3n) is 14.2. The maximum atomic E-state index is 4.90. The summed E-state index contributed by atoms with van der Waals surface area (Å²) in [5, 5.41) is 1.72. The van der Waals surface area contributed by atoms with Crippen molar-refractivity contribution in [1.82, 2.24) is 15.0 Å². The lowest BCUT2D eigenvalue weighted by atomic mass is 9.97. The highest BCUT2D eigenvalue weighted by Gasteiger charge is 2.45. The second-order valence-electron chi connectivity index (χ2n) is 17.9. The standard InChI is InChI=1S/C58H55N3Si/c1-62(53-18-10-4-11-19-53,54-20-12-5-13-21-54)55-40-38-49(39-41-55)47-32-30-45(31-33-47)43-24-22-42(23-25-43)44-26-28-46(29-27-44)48-34-36-52(37-35-48)58-60-56(50-14-6-2-7-15-50)59-57(61-58)51-16-8-3-9-17-51/h2-3,6-9,14-17,22-41,53-54H,4-5,10-13,18-21H2,1H3. The molecule has 0 unspecified atom stereocenters. The van der Waals surface area contributed by atoms with E-state index in [9.17, 15) is 0 Å². The lowest BCUT2D eigenvalue weighted by molar-refractivity contribution is 0.457. The molecule has 1 aromatic heterocycles. The van der Waals surface area contributed by atoms with Crippen LogP contribution in [0.15, 0.2) is 182 Å². The number of aromatic nitrogens is 3. The Labute approximate surface area is 369 Å². The summed E-state index contributed by atoms with van der Waals surface area (Å²) in [7, 11) is -1.59. The zero-order valence-electron chi connectivity index (χ0n) is 35.9. The lowest BCUT2D eigenvalue weighted by Gasteiger charge is -2.46. The predicted octanol–water partition coefficient (Wildman–Crippen LogP) is 15.5. The van der Waals surface area contributed by atoms with Gasteiger partial charge in [-0.25, -0.2) is 15.0 Å². The second-order valence-corrected chi connectivity index (χ2v) is 22.7. The Morgan fingerprint density at radius 2 is 0.532 bits per heavy atom. The molecule has 62 heavy (non-hydrogen) atoms. The molecule has 0 radical (unpaired) electrons. The normalized spacial score (nSPS) is 15.0. The molecule has 1 heterocycles. The number of rotatable bonds is 10. The highest BCUT2D eigenvalue weighted by molar-refractivity contribution is 6.93. The molecule has 2 saturated carbocycles. The van der Waals surface area contributed by atoms with Gasteiger partial charge in [0.05, 0.1) is 8.07 Å². The van der Waals surface area contributed by atoms with E-state index in [1.165, 1.54) is 103 Å². The van der Waals surface area contributed by atoms with E-state index in [2.05, 4.69) is 128 Å². The van der Waals surface area contributed by atoms with Gasteiger partial charge in [0.1, 0.15) is 0 Å². The van der Waals surface area contributed by atoms with Crippen molar-refractivity contribution in [3.8, 4) is 78.7 Å². The van der Waals surface area contributed by atoms with E-state index in [-0.39, 0.29) is 0 Å². The van der Waals surface area contributed by atoms with Crippen molar-refractivity contribution in [2.24, 2.45) is 0 Å². The maximum Gasteiger partial charge on any atom is 0.164 e. The second kappa shape index (κ2) is 18.0. The molecular formula is C58H55N3Si. The molecule has 0 atom stereocenters.